The third-order valence-electron chi connectivity index (χ3n) is 3.80. The molecule has 0 unspecified atom stereocenters. The van der Waals surface area contributed by atoms with Crippen molar-refractivity contribution >= 4 is 33.1 Å². The Morgan fingerprint density at radius 3 is 2.62 bits per heavy atom. The van der Waals surface area contributed by atoms with Gasteiger partial charge in [0.2, 0.25) is 0 Å². The number of aryl methyl sites for hydroxylation is 2. The van der Waals surface area contributed by atoms with Crippen molar-refractivity contribution in [2.75, 3.05) is 5.32 Å². The van der Waals surface area contributed by atoms with Crippen LogP contribution in [0.2, 0.25) is 0 Å². The molecule has 3 rings (SSSR count). The zero-order valence-corrected chi connectivity index (χ0v) is 13.6. The molecule has 0 aliphatic carbocycles. The highest BCUT2D eigenvalue weighted by Gasteiger charge is 2.13. The summed E-state index contributed by atoms with van der Waals surface area (Å²) in [5, 5.41) is 4.64. The van der Waals surface area contributed by atoms with Gasteiger partial charge < -0.3 is 5.32 Å². The number of rotatable bonds is 3. The molecule has 1 aromatic carbocycles. The molecule has 4 heteroatoms. The summed E-state index contributed by atoms with van der Waals surface area (Å²) in [7, 11) is 0. The van der Waals surface area contributed by atoms with Crippen molar-refractivity contribution < 1.29 is 0 Å². The number of hydrogen-bond donors (Lipinski definition) is 1. The van der Waals surface area contributed by atoms with Gasteiger partial charge in [-0.3, -0.25) is 0 Å². The molecule has 1 N–H and O–H groups in total. The van der Waals surface area contributed by atoms with Crippen LogP contribution in [-0.2, 0) is 0 Å². The van der Waals surface area contributed by atoms with Gasteiger partial charge in [0.15, 0.2) is 0 Å². The van der Waals surface area contributed by atoms with Crippen molar-refractivity contribution in [1.82, 2.24) is 9.97 Å². The van der Waals surface area contributed by atoms with Crippen LogP contribution in [0.1, 0.15) is 35.8 Å². The van der Waals surface area contributed by atoms with Crippen molar-refractivity contribution in [3.8, 4) is 0 Å². The van der Waals surface area contributed by atoms with E-state index < -0.39 is 0 Å². The minimum absolute atomic E-state index is 0.469. The van der Waals surface area contributed by atoms with Gasteiger partial charge in [0.1, 0.15) is 17.0 Å². The zero-order chi connectivity index (χ0) is 15.0. The van der Waals surface area contributed by atoms with E-state index in [1.54, 1.807) is 17.7 Å². The molecule has 3 aromatic rings. The molecule has 108 valence electrons. The van der Waals surface area contributed by atoms with E-state index >= 15 is 0 Å². The summed E-state index contributed by atoms with van der Waals surface area (Å²) in [5.41, 5.74) is 3.68. The Bertz CT molecular complexity index is 790. The molecule has 0 aliphatic rings. The Balaban J connectivity index is 2.11. The van der Waals surface area contributed by atoms with Gasteiger partial charge in [-0.2, -0.15) is 0 Å². The molecule has 0 bridgehead atoms. The lowest BCUT2D eigenvalue weighted by atomic mass is 10.0. The van der Waals surface area contributed by atoms with Gasteiger partial charge in [0, 0.05) is 10.6 Å². The van der Waals surface area contributed by atoms with E-state index in [1.165, 1.54) is 16.0 Å². The molecule has 0 fully saturated rings. The number of thiophene rings is 1. The minimum atomic E-state index is 0.469. The maximum absolute atomic E-state index is 4.46. The summed E-state index contributed by atoms with van der Waals surface area (Å²) in [6.07, 6.45) is 1.64. The van der Waals surface area contributed by atoms with Gasteiger partial charge in [-0.1, -0.05) is 32.0 Å². The fraction of sp³-hybridized carbons (Fsp3) is 0.294. The smallest absolute Gasteiger partial charge is 0.142 e. The van der Waals surface area contributed by atoms with Crippen LogP contribution in [0.5, 0.6) is 0 Å². The molecule has 0 saturated heterocycles. The number of para-hydroxylation sites is 1. The molecule has 0 atom stereocenters. The molecule has 0 radical (unpaired) electrons. The van der Waals surface area contributed by atoms with E-state index in [4.69, 9.17) is 0 Å². The van der Waals surface area contributed by atoms with Crippen LogP contribution in [0.4, 0.5) is 11.5 Å². The third-order valence-corrected chi connectivity index (χ3v) is 4.92. The monoisotopic (exact) mass is 297 g/mol. The maximum Gasteiger partial charge on any atom is 0.142 e. The predicted molar refractivity (Wildman–Crippen MR) is 90.7 cm³/mol. The van der Waals surface area contributed by atoms with Gasteiger partial charge in [0.05, 0.1) is 5.39 Å². The highest BCUT2D eigenvalue weighted by molar-refractivity contribution is 7.18. The SMILES string of the molecule is Cc1sc2ncnc(Nc3ccccc3C(C)C)c2c1C. The molecule has 2 heterocycles. The summed E-state index contributed by atoms with van der Waals surface area (Å²) in [4.78, 5) is 11.2. The molecule has 0 spiro atoms. The fourth-order valence-corrected chi connectivity index (χ4v) is 3.52. The van der Waals surface area contributed by atoms with Crippen molar-refractivity contribution in [3.05, 3.63) is 46.6 Å². The van der Waals surface area contributed by atoms with Crippen LogP contribution < -0.4 is 5.32 Å². The second kappa shape index (κ2) is 5.45. The zero-order valence-electron chi connectivity index (χ0n) is 12.8. The van der Waals surface area contributed by atoms with Crippen LogP contribution in [0.3, 0.4) is 0 Å². The number of nitrogens with zero attached hydrogens (tertiary/aromatic N) is 2. The molecule has 0 saturated carbocycles. The number of anilines is 2. The van der Waals surface area contributed by atoms with Gasteiger partial charge in [-0.05, 0) is 37.0 Å². The number of nitrogens with one attached hydrogen (secondary N) is 1. The Morgan fingerprint density at radius 2 is 1.86 bits per heavy atom. The van der Waals surface area contributed by atoms with Crippen LogP contribution in [0.25, 0.3) is 10.2 Å². The second-order valence-corrected chi connectivity index (χ2v) is 6.76. The first-order chi connectivity index (χ1) is 10.1. The van der Waals surface area contributed by atoms with Crippen molar-refractivity contribution in [1.29, 1.82) is 0 Å². The Kier molecular flexibility index (Phi) is 3.64. The van der Waals surface area contributed by atoms with Gasteiger partial charge >= 0.3 is 0 Å². The van der Waals surface area contributed by atoms with E-state index in [0.29, 0.717) is 5.92 Å². The van der Waals surface area contributed by atoms with Crippen molar-refractivity contribution in [2.24, 2.45) is 0 Å². The number of hydrogen-bond acceptors (Lipinski definition) is 4. The second-order valence-electron chi connectivity index (χ2n) is 5.55. The van der Waals surface area contributed by atoms with Gasteiger partial charge in [-0.15, -0.1) is 11.3 Å². The first-order valence-electron chi connectivity index (χ1n) is 7.14. The Labute approximate surface area is 129 Å². The standard InChI is InChI=1S/C17H19N3S/c1-10(2)13-7-5-6-8-14(13)20-16-15-11(3)12(4)21-17(15)19-9-18-16/h5-10H,1-4H3,(H,18,19,20). The van der Waals surface area contributed by atoms with E-state index in [1.807, 2.05) is 0 Å². The van der Waals surface area contributed by atoms with Crippen LogP contribution >= 0.6 is 11.3 Å². The summed E-state index contributed by atoms with van der Waals surface area (Å²) < 4.78 is 0. The van der Waals surface area contributed by atoms with Crippen LogP contribution in [0, 0.1) is 13.8 Å². The third kappa shape index (κ3) is 2.51. The first kappa shape index (κ1) is 14.0. The summed E-state index contributed by atoms with van der Waals surface area (Å²) in [6, 6.07) is 8.41. The van der Waals surface area contributed by atoms with E-state index in [0.717, 1.165) is 21.7 Å². The largest absolute Gasteiger partial charge is 0.339 e. The summed E-state index contributed by atoms with van der Waals surface area (Å²) in [5.74, 6) is 1.37. The quantitative estimate of drug-likeness (QED) is 0.724. The van der Waals surface area contributed by atoms with Crippen molar-refractivity contribution in [2.45, 2.75) is 33.6 Å². The number of aromatic nitrogens is 2. The molecular formula is C17H19N3S. The molecule has 2 aromatic heterocycles. The number of benzene rings is 1. The molecule has 0 amide bonds. The maximum atomic E-state index is 4.46. The lowest BCUT2D eigenvalue weighted by molar-refractivity contribution is 0.869. The molecular weight excluding hydrogens is 278 g/mol. The fourth-order valence-electron chi connectivity index (χ4n) is 2.52. The molecule has 21 heavy (non-hydrogen) atoms. The topological polar surface area (TPSA) is 37.8 Å². The minimum Gasteiger partial charge on any atom is -0.339 e. The normalized spacial score (nSPS) is 11.3. The lowest BCUT2D eigenvalue weighted by Crippen LogP contribution is -2.00. The molecule has 0 aliphatic heterocycles. The first-order valence-corrected chi connectivity index (χ1v) is 7.96. The van der Waals surface area contributed by atoms with E-state index in [9.17, 15) is 0 Å². The molecule has 3 nitrogen and oxygen atoms in total. The predicted octanol–water partition coefficient (Wildman–Crippen LogP) is 5.18. The van der Waals surface area contributed by atoms with Gasteiger partial charge in [0.25, 0.3) is 0 Å². The Hall–Kier alpha value is -1.94. The Morgan fingerprint density at radius 1 is 1.10 bits per heavy atom. The van der Waals surface area contributed by atoms with E-state index in [2.05, 4.69) is 67.2 Å². The van der Waals surface area contributed by atoms with Gasteiger partial charge in [-0.25, -0.2) is 9.97 Å². The number of fused-ring (bicyclic) bond motifs is 1. The highest BCUT2D eigenvalue weighted by atomic mass is 32.1. The van der Waals surface area contributed by atoms with Crippen LogP contribution in [0.15, 0.2) is 30.6 Å². The lowest BCUT2D eigenvalue weighted by Gasteiger charge is -2.14. The van der Waals surface area contributed by atoms with Crippen molar-refractivity contribution in [3.63, 3.8) is 0 Å². The average molecular weight is 297 g/mol. The van der Waals surface area contributed by atoms with Crippen LogP contribution in [-0.4, -0.2) is 9.97 Å². The summed E-state index contributed by atoms with van der Waals surface area (Å²) >= 11 is 1.72. The summed E-state index contributed by atoms with van der Waals surface area (Å²) in [6.45, 7) is 8.68. The average Bonchev–Trinajstić information content (AvgIpc) is 2.75. The van der Waals surface area contributed by atoms with E-state index in [-0.39, 0.29) is 0 Å². The highest BCUT2D eigenvalue weighted by Crippen LogP contribution is 2.35.